The van der Waals surface area contributed by atoms with Gasteiger partial charge in [-0.3, -0.25) is 4.79 Å². The van der Waals surface area contributed by atoms with Gasteiger partial charge in [0.1, 0.15) is 11.3 Å². The third-order valence-corrected chi connectivity index (χ3v) is 6.18. The van der Waals surface area contributed by atoms with Crippen LogP contribution in [0.4, 0.5) is 0 Å². The van der Waals surface area contributed by atoms with Crippen molar-refractivity contribution in [1.82, 2.24) is 5.32 Å². The lowest BCUT2D eigenvalue weighted by Crippen LogP contribution is -2.24. The maximum Gasteiger partial charge on any atom is 0.244 e. The summed E-state index contributed by atoms with van der Waals surface area (Å²) in [5.41, 5.74) is 4.96. The van der Waals surface area contributed by atoms with Gasteiger partial charge in [-0.25, -0.2) is 0 Å². The highest BCUT2D eigenvalue weighted by Crippen LogP contribution is 2.40. The number of benzene rings is 3. The first-order valence-corrected chi connectivity index (χ1v) is 11.8. The van der Waals surface area contributed by atoms with Crippen LogP contribution >= 0.6 is 23.2 Å². The molecule has 6 heteroatoms. The number of hydrogen-bond acceptors (Lipinski definition) is 3. The molecule has 0 fully saturated rings. The van der Waals surface area contributed by atoms with Gasteiger partial charge in [0.05, 0.1) is 23.9 Å². The second kappa shape index (κ2) is 10.4. The molecular weight excluding hydrogens is 469 g/mol. The van der Waals surface area contributed by atoms with Gasteiger partial charge in [0.25, 0.3) is 0 Å². The molecule has 3 aromatic carbocycles. The van der Waals surface area contributed by atoms with Crippen molar-refractivity contribution in [1.29, 1.82) is 0 Å². The van der Waals surface area contributed by atoms with Crippen molar-refractivity contribution < 1.29 is 13.9 Å². The molecule has 0 saturated carbocycles. The van der Waals surface area contributed by atoms with Gasteiger partial charge in [-0.2, -0.15) is 0 Å². The Bertz CT molecular complexity index is 1360. The summed E-state index contributed by atoms with van der Waals surface area (Å²) in [7, 11) is 0. The standard InChI is InChI=1S/C28H25Cl2NO3/c1-4-33-26-15-27-23(24(16-34-27)21-11-10-20(29)13-25(21)30)14-22(26)17(2)12-28(32)31-18(3)19-8-6-5-7-9-19/h5-16,18H,4H2,1-3H3,(H,31,32)/b17-12+. The van der Waals surface area contributed by atoms with E-state index in [4.69, 9.17) is 32.4 Å². The third-order valence-electron chi connectivity index (χ3n) is 5.63. The van der Waals surface area contributed by atoms with E-state index in [1.54, 1.807) is 24.5 Å². The van der Waals surface area contributed by atoms with E-state index in [2.05, 4.69) is 5.32 Å². The molecule has 0 aliphatic carbocycles. The highest BCUT2D eigenvalue weighted by atomic mass is 35.5. The lowest BCUT2D eigenvalue weighted by atomic mass is 9.99. The van der Waals surface area contributed by atoms with Crippen LogP contribution in [-0.2, 0) is 4.79 Å². The average molecular weight is 494 g/mol. The Balaban J connectivity index is 1.71. The molecule has 1 N–H and O–H groups in total. The number of rotatable bonds is 7. The second-order valence-electron chi connectivity index (χ2n) is 8.02. The Labute approximate surface area is 209 Å². The van der Waals surface area contributed by atoms with E-state index >= 15 is 0 Å². The van der Waals surface area contributed by atoms with E-state index in [9.17, 15) is 4.79 Å². The minimum absolute atomic E-state index is 0.112. The molecule has 0 aliphatic rings. The molecule has 0 bridgehead atoms. The molecule has 0 radical (unpaired) electrons. The smallest absolute Gasteiger partial charge is 0.244 e. The Morgan fingerprint density at radius 1 is 1.09 bits per heavy atom. The van der Waals surface area contributed by atoms with Gasteiger partial charge in [0, 0.05) is 39.2 Å². The summed E-state index contributed by atoms with van der Waals surface area (Å²) in [6, 6.07) is 18.9. The maximum atomic E-state index is 12.8. The minimum atomic E-state index is -0.176. The average Bonchev–Trinajstić information content (AvgIpc) is 3.21. The number of nitrogens with one attached hydrogen (secondary N) is 1. The van der Waals surface area contributed by atoms with Crippen LogP contribution in [0.2, 0.25) is 10.0 Å². The summed E-state index contributed by atoms with van der Waals surface area (Å²) < 4.78 is 11.7. The monoisotopic (exact) mass is 493 g/mol. The minimum Gasteiger partial charge on any atom is -0.493 e. The molecule has 1 heterocycles. The summed E-state index contributed by atoms with van der Waals surface area (Å²) in [4.78, 5) is 12.8. The number of fused-ring (bicyclic) bond motifs is 1. The van der Waals surface area contributed by atoms with Crippen LogP contribution in [0.1, 0.15) is 37.9 Å². The first-order valence-electron chi connectivity index (χ1n) is 11.0. The van der Waals surface area contributed by atoms with Gasteiger partial charge in [0.2, 0.25) is 5.91 Å². The Morgan fingerprint density at radius 3 is 2.56 bits per heavy atom. The molecule has 1 aromatic heterocycles. The first kappa shape index (κ1) is 23.9. The molecule has 4 nitrogen and oxygen atoms in total. The zero-order valence-electron chi connectivity index (χ0n) is 19.2. The predicted octanol–water partition coefficient (Wildman–Crippen LogP) is 8.09. The van der Waals surface area contributed by atoms with E-state index in [0.717, 1.165) is 33.2 Å². The molecule has 174 valence electrons. The number of halogens is 2. The van der Waals surface area contributed by atoms with Gasteiger partial charge in [-0.1, -0.05) is 59.6 Å². The molecule has 1 unspecified atom stereocenters. The van der Waals surface area contributed by atoms with E-state index < -0.39 is 0 Å². The van der Waals surface area contributed by atoms with E-state index in [0.29, 0.717) is 28.0 Å². The largest absolute Gasteiger partial charge is 0.493 e. The van der Waals surface area contributed by atoms with E-state index in [1.165, 1.54) is 0 Å². The van der Waals surface area contributed by atoms with Crippen molar-refractivity contribution in [3.8, 4) is 16.9 Å². The highest BCUT2D eigenvalue weighted by Gasteiger charge is 2.17. The summed E-state index contributed by atoms with van der Waals surface area (Å²) in [6.45, 7) is 6.26. The summed E-state index contributed by atoms with van der Waals surface area (Å²) >= 11 is 12.5. The van der Waals surface area contributed by atoms with Crippen LogP contribution in [-0.4, -0.2) is 12.5 Å². The van der Waals surface area contributed by atoms with Crippen molar-refractivity contribution in [2.24, 2.45) is 0 Å². The third kappa shape index (κ3) is 5.14. The normalized spacial score (nSPS) is 12.6. The summed E-state index contributed by atoms with van der Waals surface area (Å²) in [5.74, 6) is 0.473. The lowest BCUT2D eigenvalue weighted by Gasteiger charge is -2.14. The van der Waals surface area contributed by atoms with Gasteiger partial charge < -0.3 is 14.5 Å². The van der Waals surface area contributed by atoms with Crippen molar-refractivity contribution in [3.05, 3.63) is 94.2 Å². The SMILES string of the molecule is CCOc1cc2occ(-c3ccc(Cl)cc3Cl)c2cc1/C(C)=C/C(=O)NC(C)c1ccccc1. The molecule has 0 saturated heterocycles. The second-order valence-corrected chi connectivity index (χ2v) is 8.86. The zero-order chi connectivity index (χ0) is 24.2. The maximum absolute atomic E-state index is 12.8. The molecule has 4 rings (SSSR count). The summed E-state index contributed by atoms with van der Waals surface area (Å²) in [5, 5.41) is 4.99. The van der Waals surface area contributed by atoms with Gasteiger partial charge in [0.15, 0.2) is 0 Å². The number of furan rings is 1. The van der Waals surface area contributed by atoms with Crippen molar-refractivity contribution in [2.45, 2.75) is 26.8 Å². The number of amides is 1. The Hall–Kier alpha value is -3.21. The lowest BCUT2D eigenvalue weighted by molar-refractivity contribution is -0.117. The van der Waals surface area contributed by atoms with Gasteiger partial charge in [-0.15, -0.1) is 0 Å². The molecule has 1 amide bonds. The number of allylic oxidation sites excluding steroid dienone is 1. The number of carbonyl (C=O) groups excluding carboxylic acids is 1. The van der Waals surface area contributed by atoms with Crippen LogP contribution in [0.3, 0.4) is 0 Å². The van der Waals surface area contributed by atoms with Gasteiger partial charge in [-0.05, 0) is 50.1 Å². The zero-order valence-corrected chi connectivity index (χ0v) is 20.7. The van der Waals surface area contributed by atoms with Gasteiger partial charge >= 0.3 is 0 Å². The van der Waals surface area contributed by atoms with Crippen LogP contribution in [0.25, 0.3) is 27.7 Å². The van der Waals surface area contributed by atoms with Crippen LogP contribution in [0, 0.1) is 0 Å². The molecule has 4 aromatic rings. The molecule has 0 aliphatic heterocycles. The fraction of sp³-hybridized carbons (Fsp3) is 0.179. The Kier molecular flexibility index (Phi) is 7.30. The number of hydrogen-bond donors (Lipinski definition) is 1. The molecule has 1 atom stereocenters. The van der Waals surface area contributed by atoms with Crippen LogP contribution < -0.4 is 10.1 Å². The topological polar surface area (TPSA) is 51.5 Å². The highest BCUT2D eigenvalue weighted by molar-refractivity contribution is 6.36. The fourth-order valence-electron chi connectivity index (χ4n) is 3.91. The van der Waals surface area contributed by atoms with Crippen LogP contribution in [0.5, 0.6) is 5.75 Å². The predicted molar refractivity (Wildman–Crippen MR) is 139 cm³/mol. The van der Waals surface area contributed by atoms with Crippen molar-refractivity contribution >= 4 is 45.7 Å². The Morgan fingerprint density at radius 2 is 1.85 bits per heavy atom. The summed E-state index contributed by atoms with van der Waals surface area (Å²) in [6.07, 6.45) is 3.27. The molecular formula is C28H25Cl2NO3. The number of ether oxygens (including phenoxy) is 1. The molecule has 0 spiro atoms. The first-order chi connectivity index (χ1) is 16.4. The number of carbonyl (C=O) groups is 1. The van der Waals surface area contributed by atoms with E-state index in [-0.39, 0.29) is 11.9 Å². The van der Waals surface area contributed by atoms with Crippen molar-refractivity contribution in [2.75, 3.05) is 6.61 Å². The van der Waals surface area contributed by atoms with Crippen molar-refractivity contribution in [3.63, 3.8) is 0 Å². The van der Waals surface area contributed by atoms with E-state index in [1.807, 2.05) is 69.3 Å². The molecule has 34 heavy (non-hydrogen) atoms. The quantitative estimate of drug-likeness (QED) is 0.264. The van der Waals surface area contributed by atoms with Crippen LogP contribution in [0.15, 0.2) is 77.4 Å². The fourth-order valence-corrected chi connectivity index (χ4v) is 4.42.